The van der Waals surface area contributed by atoms with Gasteiger partial charge >= 0.3 is 6.03 Å². The van der Waals surface area contributed by atoms with E-state index in [2.05, 4.69) is 20.7 Å². The van der Waals surface area contributed by atoms with Crippen LogP contribution < -0.4 is 21.1 Å². The van der Waals surface area contributed by atoms with Crippen LogP contribution in [-0.4, -0.2) is 82.0 Å². The summed E-state index contributed by atoms with van der Waals surface area (Å²) in [6, 6.07) is 4.77. The zero-order chi connectivity index (χ0) is 28.4. The van der Waals surface area contributed by atoms with E-state index in [9.17, 15) is 14.4 Å². The van der Waals surface area contributed by atoms with Gasteiger partial charge in [-0.15, -0.1) is 0 Å². The van der Waals surface area contributed by atoms with E-state index in [0.717, 1.165) is 25.3 Å². The number of carbonyl (C=O) groups is 3. The molecule has 0 spiro atoms. The molecule has 2 fully saturated rings. The van der Waals surface area contributed by atoms with Crippen LogP contribution in [0, 0.1) is 18.8 Å². The number of methoxy groups -OCH3 is 1. The second kappa shape index (κ2) is 11.5. The molecule has 4 heterocycles. The topological polar surface area (TPSA) is 159 Å². The van der Waals surface area contributed by atoms with E-state index in [1.807, 2.05) is 23.3 Å². The number of imidazole rings is 1. The number of aryl methyl sites for hydroxylation is 3. The van der Waals surface area contributed by atoms with Gasteiger partial charge in [-0.2, -0.15) is 5.10 Å². The number of rotatable bonds is 9. The highest BCUT2D eigenvalue weighted by Crippen LogP contribution is 2.32. The van der Waals surface area contributed by atoms with Crippen molar-refractivity contribution in [3.05, 3.63) is 35.2 Å². The minimum atomic E-state index is -0.612. The van der Waals surface area contributed by atoms with Crippen molar-refractivity contribution in [1.82, 2.24) is 29.5 Å². The minimum Gasteiger partial charge on any atom is -0.494 e. The molecule has 5 rings (SSSR count). The molecule has 13 heteroatoms. The van der Waals surface area contributed by atoms with E-state index in [1.54, 1.807) is 22.9 Å². The van der Waals surface area contributed by atoms with Gasteiger partial charge < -0.3 is 30.0 Å². The Morgan fingerprint density at radius 2 is 2.00 bits per heavy atom. The van der Waals surface area contributed by atoms with Gasteiger partial charge in [-0.1, -0.05) is 0 Å². The van der Waals surface area contributed by atoms with Gasteiger partial charge in [0.25, 0.3) is 5.91 Å². The van der Waals surface area contributed by atoms with Gasteiger partial charge in [-0.25, -0.2) is 9.78 Å². The Hall–Kier alpha value is -4.13. The van der Waals surface area contributed by atoms with Crippen LogP contribution in [-0.2, 0) is 17.8 Å². The zero-order valence-electron chi connectivity index (χ0n) is 23.1. The molecule has 40 heavy (non-hydrogen) atoms. The Morgan fingerprint density at radius 1 is 1.20 bits per heavy atom. The van der Waals surface area contributed by atoms with Gasteiger partial charge in [0.15, 0.2) is 0 Å². The summed E-state index contributed by atoms with van der Waals surface area (Å²) in [7, 11) is 1.50. The van der Waals surface area contributed by atoms with E-state index >= 15 is 0 Å². The summed E-state index contributed by atoms with van der Waals surface area (Å²) in [4.78, 5) is 44.5. The number of hydrogen-bond acceptors (Lipinski definition) is 7. The first-order valence-corrected chi connectivity index (χ1v) is 13.6. The highest BCUT2D eigenvalue weighted by molar-refractivity contribution is 6.04. The van der Waals surface area contributed by atoms with Crippen LogP contribution in [0.3, 0.4) is 0 Å². The summed E-state index contributed by atoms with van der Waals surface area (Å²) in [5, 5.41) is 10.3. The highest BCUT2D eigenvalue weighted by atomic mass is 16.5. The summed E-state index contributed by atoms with van der Waals surface area (Å²) < 4.78 is 14.6. The van der Waals surface area contributed by atoms with E-state index in [4.69, 9.17) is 15.2 Å². The molecule has 0 saturated carbocycles. The molecule has 4 N–H and O–H groups in total. The third-order valence-corrected chi connectivity index (χ3v) is 7.63. The Kier molecular flexibility index (Phi) is 7.92. The molecule has 13 nitrogen and oxygen atoms in total. The number of nitrogens with one attached hydrogen (secondary N) is 2. The Balaban J connectivity index is 1.34. The molecule has 2 aliphatic heterocycles. The lowest BCUT2D eigenvalue weighted by Crippen LogP contribution is -2.39. The standard InChI is InChI=1S/C27H36N8O5/c1-4-35-21(10-16(2)32-35)25(37)31-26-30-20-11-18(24(28)36)12-22(39-3)23(20)34(26)8-5-7-29-27(38)33-13-17-6-9-40-15-19(17)14-33/h10-12,17,19H,4-9,13-15H2,1-3H3,(H2,28,36)(H,29,38)(H,30,31,37). The predicted octanol–water partition coefficient (Wildman–Crippen LogP) is 1.99. The second-order valence-electron chi connectivity index (χ2n) is 10.3. The van der Waals surface area contributed by atoms with Crippen molar-refractivity contribution in [2.45, 2.75) is 39.8 Å². The van der Waals surface area contributed by atoms with Gasteiger partial charge in [0, 0.05) is 50.8 Å². The largest absolute Gasteiger partial charge is 0.494 e. The first-order chi connectivity index (χ1) is 19.3. The highest BCUT2D eigenvalue weighted by Gasteiger charge is 2.37. The van der Waals surface area contributed by atoms with Crippen molar-refractivity contribution in [2.24, 2.45) is 17.6 Å². The average Bonchev–Trinajstić information content (AvgIpc) is 3.64. The second-order valence-corrected chi connectivity index (χ2v) is 10.3. The Bertz CT molecular complexity index is 1420. The molecule has 3 aromatic rings. The van der Waals surface area contributed by atoms with Crippen molar-refractivity contribution in [2.75, 3.05) is 45.3 Å². The van der Waals surface area contributed by atoms with Crippen molar-refractivity contribution in [1.29, 1.82) is 0 Å². The smallest absolute Gasteiger partial charge is 0.317 e. The first-order valence-electron chi connectivity index (χ1n) is 13.6. The lowest BCUT2D eigenvalue weighted by molar-refractivity contribution is 0.0371. The van der Waals surface area contributed by atoms with Crippen LogP contribution in [0.5, 0.6) is 5.75 Å². The van der Waals surface area contributed by atoms with E-state index in [-0.39, 0.29) is 23.5 Å². The van der Waals surface area contributed by atoms with E-state index in [1.165, 1.54) is 7.11 Å². The number of fused-ring (bicyclic) bond motifs is 2. The Morgan fingerprint density at radius 3 is 2.73 bits per heavy atom. The quantitative estimate of drug-likeness (QED) is 0.342. The summed E-state index contributed by atoms with van der Waals surface area (Å²) in [6.07, 6.45) is 1.56. The van der Waals surface area contributed by atoms with Crippen LogP contribution in [0.2, 0.25) is 0 Å². The number of aromatic nitrogens is 4. The number of nitrogens with zero attached hydrogens (tertiary/aromatic N) is 5. The van der Waals surface area contributed by atoms with Gasteiger partial charge in [-0.3, -0.25) is 19.6 Å². The lowest BCUT2D eigenvalue weighted by Gasteiger charge is -2.23. The number of urea groups is 1. The van der Waals surface area contributed by atoms with Gasteiger partial charge in [0.05, 0.1) is 24.9 Å². The molecule has 0 radical (unpaired) electrons. The summed E-state index contributed by atoms with van der Waals surface area (Å²) in [5.74, 6) is 0.637. The third kappa shape index (κ3) is 5.46. The Labute approximate surface area is 232 Å². The molecule has 1 aromatic carbocycles. The maximum atomic E-state index is 13.2. The normalized spacial score (nSPS) is 18.5. The molecule has 0 bridgehead atoms. The maximum absolute atomic E-state index is 13.2. The van der Waals surface area contributed by atoms with Crippen LogP contribution in [0.15, 0.2) is 18.2 Å². The SMILES string of the molecule is CCn1nc(C)cc1C(=O)Nc1nc2cc(C(N)=O)cc(OC)c2n1CCCNC(=O)N1CC2CCOCC2C1. The number of ether oxygens (including phenoxy) is 2. The van der Waals surface area contributed by atoms with E-state index < -0.39 is 5.91 Å². The zero-order valence-corrected chi connectivity index (χ0v) is 23.1. The summed E-state index contributed by atoms with van der Waals surface area (Å²) >= 11 is 0. The first kappa shape index (κ1) is 27.4. The number of amides is 4. The van der Waals surface area contributed by atoms with Crippen molar-refractivity contribution in [3.63, 3.8) is 0 Å². The number of anilines is 1. The average molecular weight is 553 g/mol. The number of benzene rings is 1. The molecular weight excluding hydrogens is 516 g/mol. The van der Waals surface area contributed by atoms with Crippen LogP contribution in [0.25, 0.3) is 11.0 Å². The number of likely N-dealkylation sites (tertiary alicyclic amines) is 1. The molecule has 2 unspecified atom stereocenters. The van der Waals surface area contributed by atoms with Crippen LogP contribution in [0.1, 0.15) is 46.3 Å². The molecule has 2 atom stereocenters. The number of primary amides is 1. The number of carbonyl (C=O) groups excluding carboxylic acids is 3. The fourth-order valence-electron chi connectivity index (χ4n) is 5.61. The third-order valence-electron chi connectivity index (χ3n) is 7.63. The molecule has 2 saturated heterocycles. The van der Waals surface area contributed by atoms with Gasteiger partial charge in [0.1, 0.15) is 17.0 Å². The van der Waals surface area contributed by atoms with Crippen molar-refractivity contribution in [3.8, 4) is 5.75 Å². The molecule has 0 aliphatic carbocycles. The maximum Gasteiger partial charge on any atom is 0.317 e. The molecule has 214 valence electrons. The van der Waals surface area contributed by atoms with Crippen LogP contribution in [0.4, 0.5) is 10.7 Å². The van der Waals surface area contributed by atoms with Crippen LogP contribution >= 0.6 is 0 Å². The molecule has 2 aromatic heterocycles. The monoisotopic (exact) mass is 552 g/mol. The van der Waals surface area contributed by atoms with Crippen molar-refractivity contribution < 1.29 is 23.9 Å². The van der Waals surface area contributed by atoms with E-state index in [0.29, 0.717) is 73.5 Å². The van der Waals surface area contributed by atoms with Gasteiger partial charge in [-0.05, 0) is 50.8 Å². The summed E-state index contributed by atoms with van der Waals surface area (Å²) in [5.41, 5.74) is 7.97. The lowest BCUT2D eigenvalue weighted by atomic mass is 9.92. The molecule has 4 amide bonds. The number of hydrogen-bond donors (Lipinski definition) is 3. The minimum absolute atomic E-state index is 0.0784. The predicted molar refractivity (Wildman–Crippen MR) is 147 cm³/mol. The number of nitrogens with two attached hydrogens (primary N) is 1. The summed E-state index contributed by atoms with van der Waals surface area (Å²) in [6.45, 7) is 8.07. The molecular formula is C27H36N8O5. The fourth-order valence-corrected chi connectivity index (χ4v) is 5.61. The van der Waals surface area contributed by atoms with Crippen molar-refractivity contribution >= 4 is 34.8 Å². The van der Waals surface area contributed by atoms with Gasteiger partial charge in [0.2, 0.25) is 11.9 Å². The molecule has 2 aliphatic rings. The fraction of sp³-hybridized carbons (Fsp3) is 0.519.